The van der Waals surface area contributed by atoms with Crippen LogP contribution < -0.4 is 11.2 Å². The van der Waals surface area contributed by atoms with Gasteiger partial charge < -0.3 is 14.9 Å². The van der Waals surface area contributed by atoms with Crippen molar-refractivity contribution in [2.24, 2.45) is 5.92 Å². The molecular formula is C12H18N2O5. The average Bonchev–Trinajstić information content (AvgIpc) is 2.70. The zero-order valence-corrected chi connectivity index (χ0v) is 10.9. The quantitative estimate of drug-likeness (QED) is 0.638. The van der Waals surface area contributed by atoms with E-state index in [0.29, 0.717) is 12.0 Å². The molecule has 2 rings (SSSR count). The second-order valence-electron chi connectivity index (χ2n) is 4.92. The van der Waals surface area contributed by atoms with Crippen LogP contribution in [0.1, 0.15) is 18.0 Å². The summed E-state index contributed by atoms with van der Waals surface area (Å²) in [6, 6.07) is -0.403. The summed E-state index contributed by atoms with van der Waals surface area (Å²) >= 11 is 0. The number of aliphatic hydroxyl groups is 2. The lowest BCUT2D eigenvalue weighted by Crippen LogP contribution is -2.38. The molecule has 1 fully saturated rings. The molecule has 1 aliphatic rings. The van der Waals surface area contributed by atoms with Gasteiger partial charge >= 0.3 is 5.69 Å². The van der Waals surface area contributed by atoms with Gasteiger partial charge in [-0.1, -0.05) is 0 Å². The minimum absolute atomic E-state index is 0.172. The van der Waals surface area contributed by atoms with Gasteiger partial charge in [0.2, 0.25) is 0 Å². The van der Waals surface area contributed by atoms with Crippen molar-refractivity contribution in [2.75, 3.05) is 13.7 Å². The van der Waals surface area contributed by atoms with E-state index in [1.54, 1.807) is 6.92 Å². The number of rotatable bonds is 3. The molecule has 0 spiro atoms. The van der Waals surface area contributed by atoms with E-state index in [1.165, 1.54) is 17.9 Å². The molecule has 19 heavy (non-hydrogen) atoms. The monoisotopic (exact) mass is 270 g/mol. The van der Waals surface area contributed by atoms with Crippen LogP contribution in [0.3, 0.4) is 0 Å². The Labute approximate surface area is 109 Å². The van der Waals surface area contributed by atoms with Gasteiger partial charge in [-0.05, 0) is 13.3 Å². The summed E-state index contributed by atoms with van der Waals surface area (Å²) in [7, 11) is 1.45. The largest absolute Gasteiger partial charge is 0.396 e. The second kappa shape index (κ2) is 5.28. The molecule has 7 heteroatoms. The molecule has 1 heterocycles. The number of ether oxygens (including phenoxy) is 1. The third-order valence-electron chi connectivity index (χ3n) is 3.75. The highest BCUT2D eigenvalue weighted by Crippen LogP contribution is 2.35. The molecule has 1 aromatic heterocycles. The van der Waals surface area contributed by atoms with Crippen LogP contribution in [0.5, 0.6) is 0 Å². The van der Waals surface area contributed by atoms with E-state index in [-0.39, 0.29) is 12.5 Å². The van der Waals surface area contributed by atoms with Crippen LogP contribution >= 0.6 is 0 Å². The summed E-state index contributed by atoms with van der Waals surface area (Å²) in [6.07, 6.45) is 0.464. The van der Waals surface area contributed by atoms with Crippen molar-refractivity contribution in [3.8, 4) is 0 Å². The third kappa shape index (κ3) is 2.36. The minimum Gasteiger partial charge on any atom is -0.396 e. The topological polar surface area (TPSA) is 105 Å². The zero-order valence-electron chi connectivity index (χ0n) is 10.9. The van der Waals surface area contributed by atoms with Gasteiger partial charge in [-0.3, -0.25) is 14.3 Å². The molecule has 1 saturated carbocycles. The first-order valence-electron chi connectivity index (χ1n) is 6.13. The van der Waals surface area contributed by atoms with Crippen LogP contribution in [0.4, 0.5) is 0 Å². The van der Waals surface area contributed by atoms with Crippen molar-refractivity contribution in [1.29, 1.82) is 0 Å². The van der Waals surface area contributed by atoms with Crippen LogP contribution in [0.15, 0.2) is 15.8 Å². The Morgan fingerprint density at radius 2 is 2.21 bits per heavy atom. The molecule has 0 saturated heterocycles. The van der Waals surface area contributed by atoms with E-state index in [2.05, 4.69) is 4.98 Å². The number of aryl methyl sites for hydroxylation is 1. The normalized spacial score (nSPS) is 30.7. The van der Waals surface area contributed by atoms with Crippen molar-refractivity contribution in [2.45, 2.75) is 31.6 Å². The van der Waals surface area contributed by atoms with Gasteiger partial charge in [0.1, 0.15) is 6.10 Å². The van der Waals surface area contributed by atoms with Crippen LogP contribution in [-0.4, -0.2) is 45.7 Å². The van der Waals surface area contributed by atoms with Gasteiger partial charge in [-0.15, -0.1) is 0 Å². The van der Waals surface area contributed by atoms with Crippen molar-refractivity contribution >= 4 is 0 Å². The molecule has 0 radical (unpaired) electrons. The third-order valence-corrected chi connectivity index (χ3v) is 3.75. The van der Waals surface area contributed by atoms with Gasteiger partial charge in [-0.2, -0.15) is 0 Å². The summed E-state index contributed by atoms with van der Waals surface area (Å²) in [4.78, 5) is 25.4. The van der Waals surface area contributed by atoms with Crippen molar-refractivity contribution in [1.82, 2.24) is 9.55 Å². The number of nitrogens with one attached hydrogen (secondary N) is 1. The number of aromatic amines is 1. The molecule has 0 unspecified atom stereocenters. The first kappa shape index (κ1) is 14.0. The maximum atomic E-state index is 11.9. The Hall–Kier alpha value is -1.44. The fourth-order valence-corrected chi connectivity index (χ4v) is 2.66. The standard InChI is InChI=1S/C12H18N2O5/c1-6-4-14(12(18)13-11(6)17)8-3-7(5-15)9(16)10(8)19-2/h4,7-10,15-16H,3,5H2,1-2H3,(H,13,17,18)/t7-,8-,9-,10+/m1/s1. The summed E-state index contributed by atoms with van der Waals surface area (Å²) in [5, 5.41) is 19.2. The van der Waals surface area contributed by atoms with E-state index in [1.807, 2.05) is 0 Å². The predicted octanol–water partition coefficient (Wildman–Crippen LogP) is -1.23. The number of aliphatic hydroxyl groups excluding tert-OH is 2. The molecular weight excluding hydrogens is 252 g/mol. The van der Waals surface area contributed by atoms with Crippen LogP contribution in [-0.2, 0) is 4.74 Å². The van der Waals surface area contributed by atoms with E-state index in [4.69, 9.17) is 4.74 Å². The minimum atomic E-state index is -0.834. The highest BCUT2D eigenvalue weighted by Gasteiger charge is 2.43. The highest BCUT2D eigenvalue weighted by molar-refractivity contribution is 5.05. The van der Waals surface area contributed by atoms with Crippen LogP contribution in [0.25, 0.3) is 0 Å². The summed E-state index contributed by atoms with van der Waals surface area (Å²) in [5.41, 5.74) is -0.544. The van der Waals surface area contributed by atoms with E-state index in [9.17, 15) is 19.8 Å². The first-order chi connectivity index (χ1) is 8.99. The van der Waals surface area contributed by atoms with Crippen LogP contribution in [0, 0.1) is 12.8 Å². The van der Waals surface area contributed by atoms with Gasteiger partial charge in [0.05, 0.1) is 12.1 Å². The van der Waals surface area contributed by atoms with Gasteiger partial charge in [0, 0.05) is 31.4 Å². The average molecular weight is 270 g/mol. The lowest BCUT2D eigenvalue weighted by Gasteiger charge is -2.22. The molecule has 106 valence electrons. The van der Waals surface area contributed by atoms with Crippen molar-refractivity contribution in [3.63, 3.8) is 0 Å². The van der Waals surface area contributed by atoms with Crippen LogP contribution in [0.2, 0.25) is 0 Å². The molecule has 3 N–H and O–H groups in total. The van der Waals surface area contributed by atoms with Crippen molar-refractivity contribution in [3.05, 3.63) is 32.6 Å². The van der Waals surface area contributed by atoms with Gasteiger partial charge in [0.15, 0.2) is 0 Å². The molecule has 0 bridgehead atoms. The Bertz CT molecular complexity index is 564. The lowest BCUT2D eigenvalue weighted by atomic mass is 10.1. The van der Waals surface area contributed by atoms with E-state index >= 15 is 0 Å². The number of aromatic nitrogens is 2. The van der Waals surface area contributed by atoms with E-state index in [0.717, 1.165) is 0 Å². The summed E-state index contributed by atoms with van der Waals surface area (Å²) < 4.78 is 6.60. The SMILES string of the molecule is CO[C@@H]1[C@H](O)[C@@H](CO)C[C@H]1n1cc(C)c(=O)[nH]c1=O. The number of nitrogens with zero attached hydrogens (tertiary/aromatic N) is 1. The number of H-pyrrole nitrogens is 1. The second-order valence-corrected chi connectivity index (χ2v) is 4.92. The number of hydrogen-bond donors (Lipinski definition) is 3. The molecule has 0 aromatic carbocycles. The fraction of sp³-hybridized carbons (Fsp3) is 0.667. The number of methoxy groups -OCH3 is 1. The lowest BCUT2D eigenvalue weighted by molar-refractivity contribution is -0.0303. The summed E-state index contributed by atoms with van der Waals surface area (Å²) in [6.45, 7) is 1.43. The van der Waals surface area contributed by atoms with Gasteiger partial charge in [0.25, 0.3) is 5.56 Å². The Balaban J connectivity index is 2.44. The summed E-state index contributed by atoms with van der Waals surface area (Å²) in [5.74, 6) is -0.339. The molecule has 0 aliphatic heterocycles. The van der Waals surface area contributed by atoms with E-state index < -0.39 is 29.5 Å². The molecule has 7 nitrogen and oxygen atoms in total. The Morgan fingerprint density at radius 3 is 2.79 bits per heavy atom. The maximum Gasteiger partial charge on any atom is 0.328 e. The first-order valence-corrected chi connectivity index (χ1v) is 6.13. The maximum absolute atomic E-state index is 11.9. The molecule has 4 atom stereocenters. The van der Waals surface area contributed by atoms with Gasteiger partial charge in [-0.25, -0.2) is 4.79 Å². The molecule has 1 aromatic rings. The van der Waals surface area contributed by atoms with Crippen molar-refractivity contribution < 1.29 is 14.9 Å². The number of hydrogen-bond acceptors (Lipinski definition) is 5. The smallest absolute Gasteiger partial charge is 0.328 e. The molecule has 1 aliphatic carbocycles. The zero-order chi connectivity index (χ0) is 14.2. The Kier molecular flexibility index (Phi) is 3.88. The fourth-order valence-electron chi connectivity index (χ4n) is 2.66. The molecule has 0 amide bonds. The Morgan fingerprint density at radius 1 is 1.53 bits per heavy atom. The highest BCUT2D eigenvalue weighted by atomic mass is 16.5. The predicted molar refractivity (Wildman–Crippen MR) is 67.1 cm³/mol.